The van der Waals surface area contributed by atoms with Crippen LogP contribution in [0.3, 0.4) is 0 Å². The van der Waals surface area contributed by atoms with E-state index in [1.54, 1.807) is 0 Å². The van der Waals surface area contributed by atoms with Crippen LogP contribution in [0.15, 0.2) is 0 Å². The van der Waals surface area contributed by atoms with Crippen molar-refractivity contribution in [3.8, 4) is 0 Å². The van der Waals surface area contributed by atoms with Gasteiger partial charge in [0.25, 0.3) is 0 Å². The van der Waals surface area contributed by atoms with Crippen molar-refractivity contribution in [2.24, 2.45) is 17.3 Å². The van der Waals surface area contributed by atoms with Crippen LogP contribution in [0.4, 0.5) is 0 Å². The Morgan fingerprint density at radius 1 is 1.20 bits per heavy atom. The predicted octanol–water partition coefficient (Wildman–Crippen LogP) is 2.72. The predicted molar refractivity (Wildman–Crippen MR) is 80.6 cm³/mol. The van der Waals surface area contributed by atoms with Gasteiger partial charge in [-0.25, -0.2) is 0 Å². The van der Waals surface area contributed by atoms with E-state index in [0.29, 0.717) is 23.5 Å². The summed E-state index contributed by atoms with van der Waals surface area (Å²) in [7, 11) is 0. The molecule has 0 aromatic rings. The molecule has 3 aliphatic rings. The van der Waals surface area contributed by atoms with Crippen LogP contribution in [0, 0.1) is 17.3 Å². The summed E-state index contributed by atoms with van der Waals surface area (Å²) in [6.45, 7) is 6.72. The zero-order chi connectivity index (χ0) is 14.2. The average molecular weight is 281 g/mol. The van der Waals surface area contributed by atoms with Crippen LogP contribution in [-0.4, -0.2) is 36.5 Å². The zero-order valence-electron chi connectivity index (χ0n) is 13.1. The average Bonchev–Trinajstić information content (AvgIpc) is 2.87. The van der Waals surface area contributed by atoms with Gasteiger partial charge in [-0.1, -0.05) is 26.7 Å². The molecule has 20 heavy (non-hydrogen) atoms. The lowest BCUT2D eigenvalue weighted by Crippen LogP contribution is -2.65. The van der Waals surface area contributed by atoms with Crippen LogP contribution in [0.5, 0.6) is 0 Å². The maximum atomic E-state index is 10.0. The molecule has 0 aromatic heterocycles. The van der Waals surface area contributed by atoms with Crippen LogP contribution in [0.1, 0.15) is 58.8 Å². The summed E-state index contributed by atoms with van der Waals surface area (Å²) in [6.07, 6.45) is 8.85. The van der Waals surface area contributed by atoms with Crippen molar-refractivity contribution < 1.29 is 9.84 Å². The number of nitrogens with one attached hydrogen (secondary N) is 1. The normalized spacial score (nSPS) is 43.0. The minimum Gasteiger partial charge on any atom is -0.393 e. The molecule has 3 heteroatoms. The van der Waals surface area contributed by atoms with E-state index >= 15 is 0 Å². The van der Waals surface area contributed by atoms with E-state index in [1.807, 2.05) is 0 Å². The minimum atomic E-state index is -0.0310. The van der Waals surface area contributed by atoms with Gasteiger partial charge in [-0.05, 0) is 44.6 Å². The monoisotopic (exact) mass is 281 g/mol. The summed E-state index contributed by atoms with van der Waals surface area (Å²) >= 11 is 0. The largest absolute Gasteiger partial charge is 0.393 e. The van der Waals surface area contributed by atoms with Crippen LogP contribution >= 0.6 is 0 Å². The first-order chi connectivity index (χ1) is 9.60. The van der Waals surface area contributed by atoms with Crippen LogP contribution in [-0.2, 0) is 4.74 Å². The maximum Gasteiger partial charge on any atom is 0.0685 e. The Kier molecular flexibility index (Phi) is 4.40. The number of aliphatic hydroxyl groups excluding tert-OH is 1. The molecular formula is C17H31NO2. The Balaban J connectivity index is 1.38. The quantitative estimate of drug-likeness (QED) is 0.761. The topological polar surface area (TPSA) is 41.5 Å². The number of ether oxygens (including phenoxy) is 1. The molecule has 3 fully saturated rings. The van der Waals surface area contributed by atoms with Gasteiger partial charge in [0.05, 0.1) is 12.2 Å². The lowest BCUT2D eigenvalue weighted by atomic mass is 9.57. The molecule has 0 spiro atoms. The maximum absolute atomic E-state index is 10.0. The molecule has 0 amide bonds. The van der Waals surface area contributed by atoms with Crippen molar-refractivity contribution in [3.63, 3.8) is 0 Å². The van der Waals surface area contributed by atoms with Gasteiger partial charge in [-0.15, -0.1) is 0 Å². The minimum absolute atomic E-state index is 0.0310. The first kappa shape index (κ1) is 14.8. The van der Waals surface area contributed by atoms with E-state index in [0.717, 1.165) is 25.5 Å². The van der Waals surface area contributed by atoms with Gasteiger partial charge < -0.3 is 15.2 Å². The second-order valence-corrected chi connectivity index (χ2v) is 7.75. The van der Waals surface area contributed by atoms with Crippen molar-refractivity contribution in [2.75, 3.05) is 13.2 Å². The third-order valence-electron chi connectivity index (χ3n) is 6.09. The zero-order valence-corrected chi connectivity index (χ0v) is 13.1. The highest BCUT2D eigenvalue weighted by molar-refractivity contribution is 5.11. The smallest absolute Gasteiger partial charge is 0.0685 e. The van der Waals surface area contributed by atoms with Gasteiger partial charge in [0.15, 0.2) is 0 Å². The highest BCUT2D eigenvalue weighted by Crippen LogP contribution is 2.52. The molecule has 2 saturated carbocycles. The fraction of sp³-hybridized carbons (Fsp3) is 1.00. The lowest BCUT2D eigenvalue weighted by molar-refractivity contribution is -0.112. The summed E-state index contributed by atoms with van der Waals surface area (Å²) in [5.41, 5.74) is 0.297. The number of hydrogen-bond donors (Lipinski definition) is 2. The van der Waals surface area contributed by atoms with Crippen molar-refractivity contribution >= 4 is 0 Å². The van der Waals surface area contributed by atoms with Gasteiger partial charge in [0.1, 0.15) is 0 Å². The Morgan fingerprint density at radius 2 is 2.00 bits per heavy atom. The Bertz CT molecular complexity index is 331. The highest BCUT2D eigenvalue weighted by atomic mass is 16.5. The molecule has 0 aromatic carbocycles. The first-order valence-corrected chi connectivity index (χ1v) is 8.64. The Morgan fingerprint density at radius 3 is 2.80 bits per heavy atom. The van der Waals surface area contributed by atoms with Gasteiger partial charge in [0.2, 0.25) is 0 Å². The SMILES string of the molecule is CC1(C)C(NCCCC2CCCCC2O)C2CCOC21. The third kappa shape index (κ3) is 2.65. The molecule has 5 atom stereocenters. The molecule has 5 unspecified atom stereocenters. The summed E-state index contributed by atoms with van der Waals surface area (Å²) < 4.78 is 5.84. The van der Waals surface area contributed by atoms with Crippen molar-refractivity contribution in [3.05, 3.63) is 0 Å². The second-order valence-electron chi connectivity index (χ2n) is 7.75. The van der Waals surface area contributed by atoms with Gasteiger partial charge in [-0.2, -0.15) is 0 Å². The first-order valence-electron chi connectivity index (χ1n) is 8.64. The van der Waals surface area contributed by atoms with Gasteiger partial charge >= 0.3 is 0 Å². The number of aliphatic hydroxyl groups is 1. The Labute approximate surface area is 123 Å². The van der Waals surface area contributed by atoms with Crippen molar-refractivity contribution in [1.29, 1.82) is 0 Å². The second kappa shape index (κ2) is 5.94. The standard InChI is InChI=1S/C17H31NO2/c1-17(2)15(13-9-11-20-16(13)17)18-10-5-7-12-6-3-4-8-14(12)19/h12-16,18-19H,3-11H2,1-2H3. The molecule has 0 bridgehead atoms. The molecule has 0 radical (unpaired) electrons. The summed E-state index contributed by atoms with van der Waals surface area (Å²) in [5.74, 6) is 1.30. The van der Waals surface area contributed by atoms with E-state index in [4.69, 9.17) is 4.74 Å². The highest BCUT2D eigenvalue weighted by Gasteiger charge is 2.58. The summed E-state index contributed by atoms with van der Waals surface area (Å²) in [4.78, 5) is 0. The molecule has 3 rings (SSSR count). The van der Waals surface area contributed by atoms with E-state index < -0.39 is 0 Å². The Hall–Kier alpha value is -0.120. The molecule has 1 saturated heterocycles. The third-order valence-corrected chi connectivity index (χ3v) is 6.09. The van der Waals surface area contributed by atoms with E-state index in [-0.39, 0.29) is 6.10 Å². The van der Waals surface area contributed by atoms with Crippen molar-refractivity contribution in [1.82, 2.24) is 5.32 Å². The fourth-order valence-corrected chi connectivity index (χ4v) is 4.89. The van der Waals surface area contributed by atoms with Crippen LogP contribution in [0.25, 0.3) is 0 Å². The number of rotatable bonds is 5. The lowest BCUT2D eigenvalue weighted by Gasteiger charge is -2.55. The number of hydrogen-bond acceptors (Lipinski definition) is 3. The number of fused-ring (bicyclic) bond motifs is 1. The van der Waals surface area contributed by atoms with Crippen LogP contribution in [0.2, 0.25) is 0 Å². The fourth-order valence-electron chi connectivity index (χ4n) is 4.89. The summed E-state index contributed by atoms with van der Waals surface area (Å²) in [5, 5.41) is 13.8. The summed E-state index contributed by atoms with van der Waals surface area (Å²) in [6, 6.07) is 0.631. The molecule has 1 heterocycles. The molecule has 2 N–H and O–H groups in total. The molecule has 116 valence electrons. The molecule has 3 nitrogen and oxygen atoms in total. The van der Waals surface area contributed by atoms with Crippen LogP contribution < -0.4 is 5.32 Å². The van der Waals surface area contributed by atoms with E-state index in [9.17, 15) is 5.11 Å². The molecule has 1 aliphatic heterocycles. The molecular weight excluding hydrogens is 250 g/mol. The van der Waals surface area contributed by atoms with Gasteiger partial charge in [0, 0.05) is 24.0 Å². The molecule has 2 aliphatic carbocycles. The van der Waals surface area contributed by atoms with E-state index in [1.165, 1.54) is 38.5 Å². The van der Waals surface area contributed by atoms with Gasteiger partial charge in [-0.3, -0.25) is 0 Å². The van der Waals surface area contributed by atoms with Crippen molar-refractivity contribution in [2.45, 2.75) is 77.0 Å². The van der Waals surface area contributed by atoms with E-state index in [2.05, 4.69) is 19.2 Å².